The van der Waals surface area contributed by atoms with E-state index in [2.05, 4.69) is 10.4 Å². The lowest BCUT2D eigenvalue weighted by Gasteiger charge is -2.16. The van der Waals surface area contributed by atoms with Crippen LogP contribution in [0.3, 0.4) is 0 Å². The van der Waals surface area contributed by atoms with Crippen LogP contribution in [-0.4, -0.2) is 28.8 Å². The molecule has 2 aromatic heterocycles. The van der Waals surface area contributed by atoms with Crippen LogP contribution in [0.5, 0.6) is 0 Å². The van der Waals surface area contributed by atoms with Gasteiger partial charge in [0.05, 0.1) is 26.1 Å². The van der Waals surface area contributed by atoms with Crippen molar-refractivity contribution in [1.82, 2.24) is 15.1 Å². The maximum absolute atomic E-state index is 12.7. The summed E-state index contributed by atoms with van der Waals surface area (Å²) < 4.78 is 5.96. The number of amides is 1. The molecule has 0 fully saturated rings. The van der Waals surface area contributed by atoms with Gasteiger partial charge in [-0.1, -0.05) is 36.4 Å². The monoisotopic (exact) mass is 397 g/mol. The highest BCUT2D eigenvalue weighted by Crippen LogP contribution is 2.22. The topological polar surface area (TPSA) is 90.3 Å². The van der Waals surface area contributed by atoms with Crippen molar-refractivity contribution in [2.24, 2.45) is 0 Å². The van der Waals surface area contributed by atoms with Gasteiger partial charge in [-0.3, -0.25) is 14.4 Å². The Morgan fingerprint density at radius 2 is 1.93 bits per heavy atom. The predicted octanol–water partition coefficient (Wildman–Crippen LogP) is 2.39. The third-order valence-corrected chi connectivity index (χ3v) is 5.05. The molecule has 0 spiro atoms. The second-order valence-corrected chi connectivity index (χ2v) is 7.00. The molecule has 3 rings (SSSR count). The van der Waals surface area contributed by atoms with Crippen molar-refractivity contribution >= 4 is 23.2 Å². The van der Waals surface area contributed by atoms with Gasteiger partial charge in [-0.25, -0.2) is 4.68 Å². The van der Waals surface area contributed by atoms with Gasteiger partial charge in [-0.15, -0.1) is 11.3 Å². The van der Waals surface area contributed by atoms with E-state index in [0.29, 0.717) is 0 Å². The van der Waals surface area contributed by atoms with Gasteiger partial charge in [0.15, 0.2) is 0 Å². The number of thiophene rings is 1. The SMILES string of the molecule is COC(=O)CC(NC(=O)c1ccc(=O)n(Cc2ccccc2)n1)c1cccs1. The smallest absolute Gasteiger partial charge is 0.307 e. The van der Waals surface area contributed by atoms with E-state index in [4.69, 9.17) is 4.74 Å². The molecule has 1 N–H and O–H groups in total. The molecule has 8 heteroatoms. The van der Waals surface area contributed by atoms with Gasteiger partial charge in [-0.05, 0) is 23.1 Å². The minimum Gasteiger partial charge on any atom is -0.469 e. The van der Waals surface area contributed by atoms with E-state index < -0.39 is 17.9 Å². The van der Waals surface area contributed by atoms with Crippen molar-refractivity contribution < 1.29 is 14.3 Å². The van der Waals surface area contributed by atoms with Crippen LogP contribution >= 0.6 is 11.3 Å². The molecular formula is C20H19N3O4S. The molecule has 0 aliphatic carbocycles. The van der Waals surface area contributed by atoms with Crippen LogP contribution in [0.15, 0.2) is 64.8 Å². The first kappa shape index (κ1) is 19.5. The Balaban J connectivity index is 1.80. The quantitative estimate of drug-likeness (QED) is 0.618. The number of carbonyl (C=O) groups excluding carboxylic acids is 2. The van der Waals surface area contributed by atoms with Crippen LogP contribution in [0.2, 0.25) is 0 Å². The largest absolute Gasteiger partial charge is 0.469 e. The predicted molar refractivity (Wildman–Crippen MR) is 105 cm³/mol. The average Bonchev–Trinajstić information content (AvgIpc) is 3.24. The van der Waals surface area contributed by atoms with Crippen LogP contribution in [0.1, 0.15) is 33.4 Å². The highest BCUT2D eigenvalue weighted by Gasteiger charge is 2.21. The summed E-state index contributed by atoms with van der Waals surface area (Å²) in [6, 6.07) is 15.2. The molecule has 28 heavy (non-hydrogen) atoms. The molecule has 1 amide bonds. The fourth-order valence-electron chi connectivity index (χ4n) is 2.63. The van der Waals surface area contributed by atoms with Gasteiger partial charge < -0.3 is 10.1 Å². The first-order chi connectivity index (χ1) is 13.6. The Hall–Kier alpha value is -3.26. The molecular weight excluding hydrogens is 378 g/mol. The third-order valence-electron chi connectivity index (χ3n) is 4.06. The zero-order chi connectivity index (χ0) is 19.9. The highest BCUT2D eigenvalue weighted by molar-refractivity contribution is 7.10. The Morgan fingerprint density at radius 1 is 1.14 bits per heavy atom. The number of aromatic nitrogens is 2. The summed E-state index contributed by atoms with van der Waals surface area (Å²) >= 11 is 1.43. The molecule has 1 aromatic carbocycles. The Morgan fingerprint density at radius 3 is 2.61 bits per heavy atom. The number of hydrogen-bond acceptors (Lipinski definition) is 6. The molecule has 0 radical (unpaired) electrons. The highest BCUT2D eigenvalue weighted by atomic mass is 32.1. The molecule has 0 saturated heterocycles. The Bertz CT molecular complexity index is 1000. The summed E-state index contributed by atoms with van der Waals surface area (Å²) in [5.74, 6) is -0.898. The van der Waals surface area contributed by atoms with E-state index in [1.165, 1.54) is 35.3 Å². The Labute approximate surface area is 165 Å². The molecule has 1 unspecified atom stereocenters. The van der Waals surface area contributed by atoms with Crippen molar-refractivity contribution in [1.29, 1.82) is 0 Å². The summed E-state index contributed by atoms with van der Waals surface area (Å²) in [5.41, 5.74) is 0.698. The van der Waals surface area contributed by atoms with E-state index in [1.54, 1.807) is 0 Å². The number of rotatable bonds is 7. The van der Waals surface area contributed by atoms with E-state index in [9.17, 15) is 14.4 Å². The summed E-state index contributed by atoms with van der Waals surface area (Å²) in [4.78, 5) is 37.3. The molecule has 0 aliphatic rings. The van der Waals surface area contributed by atoms with Gasteiger partial charge in [0.25, 0.3) is 11.5 Å². The summed E-state index contributed by atoms with van der Waals surface area (Å²) in [6.45, 7) is 0.261. The van der Waals surface area contributed by atoms with E-state index in [1.807, 2.05) is 47.8 Å². The molecule has 0 saturated carbocycles. The molecule has 2 heterocycles. The van der Waals surface area contributed by atoms with Gasteiger partial charge in [0.2, 0.25) is 0 Å². The van der Waals surface area contributed by atoms with E-state index in [0.717, 1.165) is 10.4 Å². The molecule has 3 aromatic rings. The first-order valence-corrected chi connectivity index (χ1v) is 9.48. The minimum atomic E-state index is -0.531. The van der Waals surface area contributed by atoms with Gasteiger partial charge in [-0.2, -0.15) is 5.10 Å². The Kier molecular flexibility index (Phi) is 6.33. The normalized spacial score (nSPS) is 11.6. The summed E-state index contributed by atoms with van der Waals surface area (Å²) in [5, 5.41) is 8.85. The number of nitrogens with one attached hydrogen (secondary N) is 1. The summed E-state index contributed by atoms with van der Waals surface area (Å²) in [7, 11) is 1.30. The zero-order valence-electron chi connectivity index (χ0n) is 15.2. The minimum absolute atomic E-state index is 0.00636. The number of hydrogen-bond donors (Lipinski definition) is 1. The number of ether oxygens (including phenoxy) is 1. The second-order valence-electron chi connectivity index (χ2n) is 6.02. The van der Waals surface area contributed by atoms with Crippen molar-refractivity contribution in [3.63, 3.8) is 0 Å². The van der Waals surface area contributed by atoms with Crippen LogP contribution in [0.25, 0.3) is 0 Å². The molecule has 7 nitrogen and oxygen atoms in total. The molecule has 0 aliphatic heterocycles. The molecule has 0 bridgehead atoms. The third kappa shape index (κ3) is 4.92. The standard InChI is InChI=1S/C20H19N3O4S/c1-27-19(25)12-16(17-8-5-11-28-17)21-20(26)15-9-10-18(24)23(22-15)13-14-6-3-2-4-7-14/h2-11,16H,12-13H2,1H3,(H,21,26). The molecule has 144 valence electrons. The van der Waals surface area contributed by atoms with Crippen LogP contribution < -0.4 is 10.9 Å². The second kappa shape index (κ2) is 9.09. The van der Waals surface area contributed by atoms with Crippen molar-refractivity contribution in [3.8, 4) is 0 Å². The van der Waals surface area contributed by atoms with E-state index >= 15 is 0 Å². The number of carbonyl (C=O) groups is 2. The van der Waals surface area contributed by atoms with Crippen LogP contribution in [-0.2, 0) is 16.1 Å². The van der Waals surface area contributed by atoms with Crippen molar-refractivity contribution in [3.05, 3.63) is 86.5 Å². The van der Waals surface area contributed by atoms with Crippen molar-refractivity contribution in [2.45, 2.75) is 19.0 Å². The van der Waals surface area contributed by atoms with Crippen LogP contribution in [0, 0.1) is 0 Å². The maximum atomic E-state index is 12.7. The lowest BCUT2D eigenvalue weighted by molar-refractivity contribution is -0.141. The molecule has 1 atom stereocenters. The van der Waals surface area contributed by atoms with Crippen molar-refractivity contribution in [2.75, 3.05) is 7.11 Å². The fourth-order valence-corrected chi connectivity index (χ4v) is 3.41. The number of esters is 1. The maximum Gasteiger partial charge on any atom is 0.307 e. The zero-order valence-corrected chi connectivity index (χ0v) is 16.0. The lowest BCUT2D eigenvalue weighted by Crippen LogP contribution is -2.33. The number of benzene rings is 1. The number of nitrogens with zero attached hydrogens (tertiary/aromatic N) is 2. The van der Waals surface area contributed by atoms with Crippen LogP contribution in [0.4, 0.5) is 0 Å². The van der Waals surface area contributed by atoms with Gasteiger partial charge in [0, 0.05) is 10.9 Å². The van der Waals surface area contributed by atoms with Gasteiger partial charge >= 0.3 is 5.97 Å². The fraction of sp³-hybridized carbons (Fsp3) is 0.200. The lowest BCUT2D eigenvalue weighted by atomic mass is 10.1. The number of methoxy groups -OCH3 is 1. The van der Waals surface area contributed by atoms with Gasteiger partial charge in [0.1, 0.15) is 5.69 Å². The average molecular weight is 397 g/mol. The van der Waals surface area contributed by atoms with E-state index in [-0.39, 0.29) is 24.2 Å². The summed E-state index contributed by atoms with van der Waals surface area (Å²) in [6.07, 6.45) is 0.00636. The first-order valence-electron chi connectivity index (χ1n) is 8.60.